The number of methoxy groups -OCH3 is 1. The molecule has 1 aliphatic carbocycles. The van der Waals surface area contributed by atoms with E-state index in [1.54, 1.807) is 0 Å². The molecule has 0 amide bonds. The van der Waals surface area contributed by atoms with Crippen LogP contribution in [0.25, 0.3) is 0 Å². The van der Waals surface area contributed by atoms with Gasteiger partial charge in [0.2, 0.25) is 0 Å². The largest absolute Gasteiger partial charge is 0.469 e. The molecule has 0 saturated heterocycles. The third-order valence-electron chi connectivity index (χ3n) is 2.53. The van der Waals surface area contributed by atoms with Crippen molar-refractivity contribution < 1.29 is 19.0 Å². The minimum Gasteiger partial charge on any atom is -0.469 e. The normalized spacial score (nSPS) is 23.3. The Kier molecular flexibility index (Phi) is 4.82. The predicted molar refractivity (Wildman–Crippen MR) is 68.7 cm³/mol. The van der Waals surface area contributed by atoms with E-state index in [9.17, 15) is 4.79 Å². The highest BCUT2D eigenvalue weighted by Crippen LogP contribution is 2.24. The summed E-state index contributed by atoms with van der Waals surface area (Å²) in [7, 11) is 1.40. The van der Waals surface area contributed by atoms with Gasteiger partial charge in [0.15, 0.2) is 0 Å². The van der Waals surface area contributed by atoms with Crippen LogP contribution in [0.15, 0.2) is 24.7 Å². The van der Waals surface area contributed by atoms with E-state index in [0.29, 0.717) is 12.8 Å². The SMILES string of the molecule is C=C(OC1C=CCC(C(=O)OC)C1)OC(C)(C)C. The number of hydrogen-bond acceptors (Lipinski definition) is 4. The number of esters is 1. The summed E-state index contributed by atoms with van der Waals surface area (Å²) in [5, 5.41) is 0. The Hall–Kier alpha value is -1.45. The van der Waals surface area contributed by atoms with Crippen LogP contribution in [-0.4, -0.2) is 24.8 Å². The van der Waals surface area contributed by atoms with Crippen LogP contribution in [0.1, 0.15) is 33.6 Å². The summed E-state index contributed by atoms with van der Waals surface area (Å²) in [6.45, 7) is 9.51. The number of rotatable bonds is 4. The average molecular weight is 254 g/mol. The van der Waals surface area contributed by atoms with Gasteiger partial charge < -0.3 is 14.2 Å². The molecule has 0 aliphatic heterocycles. The van der Waals surface area contributed by atoms with E-state index < -0.39 is 0 Å². The molecule has 0 heterocycles. The summed E-state index contributed by atoms with van der Waals surface area (Å²) in [4.78, 5) is 11.5. The smallest absolute Gasteiger partial charge is 0.309 e. The first-order valence-corrected chi connectivity index (χ1v) is 6.11. The Morgan fingerprint density at radius 2 is 2.06 bits per heavy atom. The highest BCUT2D eigenvalue weighted by Gasteiger charge is 2.26. The van der Waals surface area contributed by atoms with Gasteiger partial charge in [-0.2, -0.15) is 0 Å². The highest BCUT2D eigenvalue weighted by atomic mass is 16.7. The fourth-order valence-corrected chi connectivity index (χ4v) is 1.83. The summed E-state index contributed by atoms with van der Waals surface area (Å²) < 4.78 is 15.8. The van der Waals surface area contributed by atoms with E-state index in [1.807, 2.05) is 32.9 Å². The first-order chi connectivity index (χ1) is 8.31. The fourth-order valence-electron chi connectivity index (χ4n) is 1.83. The summed E-state index contributed by atoms with van der Waals surface area (Å²) in [5.41, 5.74) is -0.336. The second-order valence-corrected chi connectivity index (χ2v) is 5.36. The molecule has 0 N–H and O–H groups in total. The topological polar surface area (TPSA) is 44.8 Å². The van der Waals surface area contributed by atoms with Gasteiger partial charge in [-0.05, 0) is 39.8 Å². The monoisotopic (exact) mass is 254 g/mol. The standard InChI is InChI=1S/C14H22O4/c1-10(18-14(2,3)4)17-12-8-6-7-11(9-12)13(15)16-5/h6,8,11-12H,1,7,9H2,2-5H3. The van der Waals surface area contributed by atoms with Crippen LogP contribution in [-0.2, 0) is 19.0 Å². The maximum Gasteiger partial charge on any atom is 0.309 e. The van der Waals surface area contributed by atoms with Gasteiger partial charge in [0, 0.05) is 6.42 Å². The van der Waals surface area contributed by atoms with E-state index in [-0.39, 0.29) is 29.5 Å². The number of allylic oxidation sites excluding steroid dienone is 1. The lowest BCUT2D eigenvalue weighted by Gasteiger charge is -2.27. The minimum atomic E-state index is -0.336. The molecule has 102 valence electrons. The second-order valence-electron chi connectivity index (χ2n) is 5.36. The van der Waals surface area contributed by atoms with Gasteiger partial charge in [0.05, 0.1) is 13.0 Å². The Morgan fingerprint density at radius 1 is 1.39 bits per heavy atom. The number of carbonyl (C=O) groups is 1. The average Bonchev–Trinajstić information content (AvgIpc) is 2.25. The van der Waals surface area contributed by atoms with Gasteiger partial charge in [0.1, 0.15) is 11.7 Å². The van der Waals surface area contributed by atoms with Crippen molar-refractivity contribution in [3.63, 3.8) is 0 Å². The molecular formula is C14H22O4. The highest BCUT2D eigenvalue weighted by molar-refractivity contribution is 5.72. The summed E-state index contributed by atoms with van der Waals surface area (Å²) in [6.07, 6.45) is 4.96. The molecule has 2 unspecified atom stereocenters. The van der Waals surface area contributed by atoms with Crippen molar-refractivity contribution in [1.82, 2.24) is 0 Å². The number of hydrogen-bond donors (Lipinski definition) is 0. The molecule has 0 bridgehead atoms. The van der Waals surface area contributed by atoms with E-state index >= 15 is 0 Å². The predicted octanol–water partition coefficient (Wildman–Crippen LogP) is 2.80. The van der Waals surface area contributed by atoms with Gasteiger partial charge in [-0.25, -0.2) is 0 Å². The quantitative estimate of drug-likeness (QED) is 0.439. The molecule has 0 aromatic heterocycles. The van der Waals surface area contributed by atoms with Crippen LogP contribution in [0.3, 0.4) is 0 Å². The molecule has 0 radical (unpaired) electrons. The second kappa shape index (κ2) is 5.94. The first kappa shape index (κ1) is 14.6. The molecule has 1 rings (SSSR count). The minimum absolute atomic E-state index is 0.146. The van der Waals surface area contributed by atoms with Crippen molar-refractivity contribution in [3.05, 3.63) is 24.7 Å². The van der Waals surface area contributed by atoms with Crippen LogP contribution in [0.5, 0.6) is 0 Å². The third kappa shape index (κ3) is 4.82. The molecular weight excluding hydrogens is 232 g/mol. The Morgan fingerprint density at radius 3 is 2.61 bits per heavy atom. The lowest BCUT2D eigenvalue weighted by Crippen LogP contribution is -2.27. The van der Waals surface area contributed by atoms with E-state index in [0.717, 1.165) is 0 Å². The van der Waals surface area contributed by atoms with Crippen LogP contribution in [0.4, 0.5) is 0 Å². The lowest BCUT2D eigenvalue weighted by molar-refractivity contribution is -0.147. The van der Waals surface area contributed by atoms with Crippen molar-refractivity contribution in [2.75, 3.05) is 7.11 Å². The van der Waals surface area contributed by atoms with E-state index in [4.69, 9.17) is 14.2 Å². The Labute approximate surface area is 109 Å². The third-order valence-corrected chi connectivity index (χ3v) is 2.53. The summed E-state index contributed by atoms with van der Waals surface area (Å²) >= 11 is 0. The maximum absolute atomic E-state index is 11.5. The van der Waals surface area contributed by atoms with Crippen LogP contribution < -0.4 is 0 Å². The molecule has 0 aromatic carbocycles. The van der Waals surface area contributed by atoms with Crippen molar-refractivity contribution in [2.24, 2.45) is 5.92 Å². The van der Waals surface area contributed by atoms with E-state index in [1.165, 1.54) is 7.11 Å². The molecule has 4 heteroatoms. The van der Waals surface area contributed by atoms with Gasteiger partial charge in [-0.1, -0.05) is 6.08 Å². The van der Waals surface area contributed by atoms with Crippen molar-refractivity contribution >= 4 is 5.97 Å². The molecule has 0 saturated carbocycles. The van der Waals surface area contributed by atoms with Crippen molar-refractivity contribution in [3.8, 4) is 0 Å². The van der Waals surface area contributed by atoms with Crippen molar-refractivity contribution in [2.45, 2.75) is 45.3 Å². The zero-order valence-electron chi connectivity index (χ0n) is 11.6. The van der Waals surface area contributed by atoms with Crippen LogP contribution in [0, 0.1) is 5.92 Å². The maximum atomic E-state index is 11.5. The zero-order valence-corrected chi connectivity index (χ0v) is 11.6. The van der Waals surface area contributed by atoms with Gasteiger partial charge >= 0.3 is 5.97 Å². The zero-order chi connectivity index (χ0) is 13.8. The molecule has 0 fully saturated rings. The molecule has 0 aromatic rings. The lowest BCUT2D eigenvalue weighted by atomic mass is 9.92. The van der Waals surface area contributed by atoms with Gasteiger partial charge in [-0.3, -0.25) is 4.79 Å². The molecule has 18 heavy (non-hydrogen) atoms. The van der Waals surface area contributed by atoms with Gasteiger partial charge in [0.25, 0.3) is 5.95 Å². The van der Waals surface area contributed by atoms with Crippen LogP contribution >= 0.6 is 0 Å². The molecule has 2 atom stereocenters. The number of ether oxygens (including phenoxy) is 3. The van der Waals surface area contributed by atoms with E-state index in [2.05, 4.69) is 6.58 Å². The Bertz CT molecular complexity index is 338. The van der Waals surface area contributed by atoms with Crippen LogP contribution in [0.2, 0.25) is 0 Å². The molecule has 0 spiro atoms. The van der Waals surface area contributed by atoms with Gasteiger partial charge in [-0.15, -0.1) is 0 Å². The molecule has 1 aliphatic rings. The summed E-state index contributed by atoms with van der Waals surface area (Å²) in [5.74, 6) is -0.0644. The first-order valence-electron chi connectivity index (χ1n) is 6.11. The molecule has 4 nitrogen and oxygen atoms in total. The number of carbonyl (C=O) groups excluding carboxylic acids is 1. The Balaban J connectivity index is 2.48. The fraction of sp³-hybridized carbons (Fsp3) is 0.643. The summed E-state index contributed by atoms with van der Waals surface area (Å²) in [6, 6.07) is 0. The van der Waals surface area contributed by atoms with Crippen molar-refractivity contribution in [1.29, 1.82) is 0 Å².